The molecule has 3 aromatic carbocycles. The zero-order valence-corrected chi connectivity index (χ0v) is 14.5. The van der Waals surface area contributed by atoms with Gasteiger partial charge >= 0.3 is 0 Å². The Kier molecular flexibility index (Phi) is 4.19. The van der Waals surface area contributed by atoms with E-state index in [2.05, 4.69) is 5.32 Å². The molecule has 1 heterocycles. The highest BCUT2D eigenvalue weighted by atomic mass is 35.5. The molecule has 0 aromatic heterocycles. The topological polar surface area (TPSA) is 49.4 Å². The minimum absolute atomic E-state index is 0.00134. The van der Waals surface area contributed by atoms with Crippen molar-refractivity contribution in [2.45, 2.75) is 6.54 Å². The molecule has 0 radical (unpaired) electrons. The van der Waals surface area contributed by atoms with Crippen LogP contribution in [0.2, 0.25) is 5.02 Å². The molecule has 2 amide bonds. The quantitative estimate of drug-likeness (QED) is 0.730. The first-order valence-electron chi connectivity index (χ1n) is 8.18. The number of anilines is 2. The lowest BCUT2D eigenvalue weighted by molar-refractivity contribution is 0.0994. The van der Waals surface area contributed by atoms with E-state index in [4.69, 9.17) is 11.6 Å². The van der Waals surface area contributed by atoms with Crippen molar-refractivity contribution in [3.63, 3.8) is 0 Å². The van der Waals surface area contributed by atoms with Crippen LogP contribution in [0.1, 0.15) is 26.3 Å². The molecule has 3 aromatic rings. The van der Waals surface area contributed by atoms with Gasteiger partial charge in [0.25, 0.3) is 11.8 Å². The van der Waals surface area contributed by atoms with Gasteiger partial charge in [0.1, 0.15) is 0 Å². The molecule has 4 rings (SSSR count). The summed E-state index contributed by atoms with van der Waals surface area (Å²) in [4.78, 5) is 26.5. The number of amides is 2. The fourth-order valence-electron chi connectivity index (χ4n) is 2.99. The highest BCUT2D eigenvalue weighted by molar-refractivity contribution is 6.30. The zero-order valence-electron chi connectivity index (χ0n) is 13.8. The third-order valence-corrected chi connectivity index (χ3v) is 4.62. The van der Waals surface area contributed by atoms with Crippen LogP contribution in [0.15, 0.2) is 72.8 Å². The van der Waals surface area contributed by atoms with E-state index in [-0.39, 0.29) is 11.8 Å². The van der Waals surface area contributed by atoms with Crippen molar-refractivity contribution in [3.05, 3.63) is 94.5 Å². The maximum absolute atomic E-state index is 12.5. The van der Waals surface area contributed by atoms with Crippen LogP contribution in [0.25, 0.3) is 0 Å². The number of carbonyl (C=O) groups is 2. The number of benzene rings is 3. The predicted molar refractivity (Wildman–Crippen MR) is 103 cm³/mol. The Morgan fingerprint density at radius 2 is 1.62 bits per heavy atom. The molecule has 0 saturated carbocycles. The zero-order chi connectivity index (χ0) is 18.1. The number of hydrogen-bond acceptors (Lipinski definition) is 2. The summed E-state index contributed by atoms with van der Waals surface area (Å²) in [6, 6.07) is 21.6. The Balaban J connectivity index is 1.48. The van der Waals surface area contributed by atoms with Crippen LogP contribution in [0.4, 0.5) is 11.4 Å². The van der Waals surface area contributed by atoms with E-state index >= 15 is 0 Å². The number of nitrogens with one attached hydrogen (secondary N) is 1. The summed E-state index contributed by atoms with van der Waals surface area (Å²) in [6.07, 6.45) is 0. The molecule has 0 atom stereocenters. The van der Waals surface area contributed by atoms with E-state index in [0.29, 0.717) is 22.8 Å². The van der Waals surface area contributed by atoms with Crippen molar-refractivity contribution in [2.75, 3.05) is 10.2 Å². The van der Waals surface area contributed by atoms with Gasteiger partial charge in [0.05, 0.1) is 6.54 Å². The molecule has 128 valence electrons. The monoisotopic (exact) mass is 362 g/mol. The molecule has 0 unspecified atom stereocenters. The van der Waals surface area contributed by atoms with Gasteiger partial charge in [0, 0.05) is 27.5 Å². The highest BCUT2D eigenvalue weighted by Gasteiger charge is 2.27. The number of rotatable bonds is 3. The van der Waals surface area contributed by atoms with Crippen LogP contribution in [0.3, 0.4) is 0 Å². The molecular formula is C21H15ClN2O2. The molecule has 4 nitrogen and oxygen atoms in total. The maximum Gasteiger partial charge on any atom is 0.258 e. The van der Waals surface area contributed by atoms with Crippen molar-refractivity contribution in [3.8, 4) is 0 Å². The second kappa shape index (κ2) is 6.65. The molecule has 26 heavy (non-hydrogen) atoms. The standard InChI is InChI=1S/C21H15ClN2O2/c22-16-7-5-14(6-8-16)20(25)23-17-9-11-18(12-10-17)24-13-15-3-1-2-4-19(15)21(24)26/h1-12H,13H2,(H,23,25). The maximum atomic E-state index is 12.5. The van der Waals surface area contributed by atoms with Crippen molar-refractivity contribution in [1.82, 2.24) is 0 Å². The first-order chi connectivity index (χ1) is 12.6. The number of fused-ring (bicyclic) bond motifs is 1. The van der Waals surface area contributed by atoms with Crippen molar-refractivity contribution in [1.29, 1.82) is 0 Å². The van der Waals surface area contributed by atoms with Crippen LogP contribution in [0.5, 0.6) is 0 Å². The Bertz CT molecular complexity index is 982. The minimum atomic E-state index is -0.209. The van der Waals surface area contributed by atoms with Crippen molar-refractivity contribution >= 4 is 34.8 Å². The summed E-state index contributed by atoms with van der Waals surface area (Å²) >= 11 is 5.84. The third kappa shape index (κ3) is 3.07. The average Bonchev–Trinajstić information content (AvgIpc) is 3.00. The fraction of sp³-hybridized carbons (Fsp3) is 0.0476. The second-order valence-electron chi connectivity index (χ2n) is 6.06. The van der Waals surface area contributed by atoms with Crippen molar-refractivity contribution < 1.29 is 9.59 Å². The number of nitrogens with zero attached hydrogens (tertiary/aromatic N) is 1. The van der Waals surface area contributed by atoms with Gasteiger partial charge in [0.2, 0.25) is 0 Å². The van der Waals surface area contributed by atoms with Gasteiger partial charge in [-0.3, -0.25) is 9.59 Å². The summed E-state index contributed by atoms with van der Waals surface area (Å²) in [5, 5.41) is 3.42. The van der Waals surface area contributed by atoms with Gasteiger partial charge in [-0.25, -0.2) is 0 Å². The number of halogens is 1. The van der Waals surface area contributed by atoms with E-state index in [9.17, 15) is 9.59 Å². The average molecular weight is 363 g/mol. The molecule has 1 N–H and O–H groups in total. The Labute approximate surface area is 156 Å². The molecule has 0 spiro atoms. The molecule has 0 aliphatic carbocycles. The summed E-state index contributed by atoms with van der Waals surface area (Å²) < 4.78 is 0. The smallest absolute Gasteiger partial charge is 0.258 e. The largest absolute Gasteiger partial charge is 0.322 e. The molecule has 0 fully saturated rings. The Morgan fingerprint density at radius 3 is 2.31 bits per heavy atom. The van der Waals surface area contributed by atoms with Crippen LogP contribution < -0.4 is 10.2 Å². The highest BCUT2D eigenvalue weighted by Crippen LogP contribution is 2.29. The summed E-state index contributed by atoms with van der Waals surface area (Å²) in [6.45, 7) is 0.561. The lowest BCUT2D eigenvalue weighted by Crippen LogP contribution is -2.22. The molecule has 1 aliphatic heterocycles. The van der Waals surface area contributed by atoms with E-state index in [1.165, 1.54) is 0 Å². The van der Waals surface area contributed by atoms with E-state index in [1.54, 1.807) is 41.3 Å². The molecular weight excluding hydrogens is 348 g/mol. The summed E-state index contributed by atoms with van der Waals surface area (Å²) in [7, 11) is 0. The Morgan fingerprint density at radius 1 is 0.923 bits per heavy atom. The lowest BCUT2D eigenvalue weighted by Gasteiger charge is -2.16. The number of carbonyl (C=O) groups excluding carboxylic acids is 2. The molecule has 1 aliphatic rings. The SMILES string of the molecule is O=C(Nc1ccc(N2Cc3ccccc3C2=O)cc1)c1ccc(Cl)cc1. The first kappa shape index (κ1) is 16.4. The van der Waals surface area contributed by atoms with Gasteiger partial charge in [0.15, 0.2) is 0 Å². The van der Waals surface area contributed by atoms with Gasteiger partial charge in [-0.2, -0.15) is 0 Å². The minimum Gasteiger partial charge on any atom is -0.322 e. The number of hydrogen-bond donors (Lipinski definition) is 1. The normalized spacial score (nSPS) is 12.8. The van der Waals surface area contributed by atoms with Gasteiger partial charge in [-0.1, -0.05) is 29.8 Å². The van der Waals surface area contributed by atoms with E-state index < -0.39 is 0 Å². The van der Waals surface area contributed by atoms with Gasteiger partial charge in [-0.15, -0.1) is 0 Å². The summed E-state index contributed by atoms with van der Waals surface area (Å²) in [5.74, 6) is -0.211. The van der Waals surface area contributed by atoms with Crippen LogP contribution in [-0.4, -0.2) is 11.8 Å². The summed E-state index contributed by atoms with van der Waals surface area (Å²) in [5.41, 5.74) is 3.77. The van der Waals surface area contributed by atoms with Gasteiger partial charge in [-0.05, 0) is 60.2 Å². The second-order valence-corrected chi connectivity index (χ2v) is 6.49. The first-order valence-corrected chi connectivity index (χ1v) is 8.56. The molecule has 0 bridgehead atoms. The molecule has 5 heteroatoms. The predicted octanol–water partition coefficient (Wildman–Crippen LogP) is 4.75. The fourth-order valence-corrected chi connectivity index (χ4v) is 3.12. The van der Waals surface area contributed by atoms with Gasteiger partial charge < -0.3 is 10.2 Å². The van der Waals surface area contributed by atoms with Crippen LogP contribution in [0, 0.1) is 0 Å². The lowest BCUT2D eigenvalue weighted by atomic mass is 10.1. The van der Waals surface area contributed by atoms with Crippen LogP contribution >= 0.6 is 11.6 Å². The van der Waals surface area contributed by atoms with E-state index in [1.807, 2.05) is 36.4 Å². The van der Waals surface area contributed by atoms with Crippen LogP contribution in [-0.2, 0) is 6.54 Å². The Hall–Kier alpha value is -3.11. The third-order valence-electron chi connectivity index (χ3n) is 4.36. The van der Waals surface area contributed by atoms with Crippen molar-refractivity contribution in [2.24, 2.45) is 0 Å². The van der Waals surface area contributed by atoms with E-state index in [0.717, 1.165) is 16.8 Å². The molecule has 0 saturated heterocycles.